The molecule has 1 amide bonds. The van der Waals surface area contributed by atoms with Gasteiger partial charge in [-0.25, -0.2) is 4.98 Å². The van der Waals surface area contributed by atoms with Crippen molar-refractivity contribution < 1.29 is 4.79 Å². The van der Waals surface area contributed by atoms with E-state index in [1.54, 1.807) is 0 Å². The average Bonchev–Trinajstić information content (AvgIpc) is 3.22. The van der Waals surface area contributed by atoms with Gasteiger partial charge in [-0.15, -0.1) is 0 Å². The third-order valence-electron chi connectivity index (χ3n) is 3.88. The molecule has 0 bridgehead atoms. The molecule has 21 heavy (non-hydrogen) atoms. The number of hydrogen-bond acceptors (Lipinski definition) is 3. The lowest BCUT2D eigenvalue weighted by atomic mass is 10.1. The van der Waals surface area contributed by atoms with Crippen LogP contribution in [0.2, 0.25) is 0 Å². The first-order valence-corrected chi connectivity index (χ1v) is 7.84. The van der Waals surface area contributed by atoms with Gasteiger partial charge in [0.2, 0.25) is 5.91 Å². The first-order chi connectivity index (χ1) is 10.3. The smallest absolute Gasteiger partial charge is 0.229 e. The fourth-order valence-electron chi connectivity index (χ4n) is 2.68. The van der Waals surface area contributed by atoms with Gasteiger partial charge in [-0.05, 0) is 30.0 Å². The minimum absolute atomic E-state index is 0.0828. The minimum Gasteiger partial charge on any atom is -0.302 e. The van der Waals surface area contributed by atoms with Crippen LogP contribution in [0.5, 0.6) is 0 Å². The molecule has 1 saturated carbocycles. The molecule has 1 aliphatic carbocycles. The molecule has 0 unspecified atom stereocenters. The van der Waals surface area contributed by atoms with Crippen molar-refractivity contribution in [1.82, 2.24) is 4.98 Å². The number of carbonyl (C=O) groups excluding carboxylic acids is 1. The van der Waals surface area contributed by atoms with Crippen molar-refractivity contribution in [1.29, 1.82) is 0 Å². The highest BCUT2D eigenvalue weighted by molar-refractivity contribution is 7.22. The zero-order chi connectivity index (χ0) is 14.2. The number of nitrogens with zero attached hydrogens (tertiary/aromatic N) is 1. The molecule has 1 fully saturated rings. The normalized spacial score (nSPS) is 20.4. The number of thiazole rings is 1. The second kappa shape index (κ2) is 4.97. The van der Waals surface area contributed by atoms with E-state index in [2.05, 4.69) is 22.4 Å². The van der Waals surface area contributed by atoms with Gasteiger partial charge in [0, 0.05) is 5.92 Å². The lowest BCUT2D eigenvalue weighted by Gasteiger charge is -2.01. The van der Waals surface area contributed by atoms with Crippen LogP contribution in [0.1, 0.15) is 17.9 Å². The Balaban J connectivity index is 1.47. The van der Waals surface area contributed by atoms with E-state index in [9.17, 15) is 4.79 Å². The van der Waals surface area contributed by atoms with Crippen molar-refractivity contribution in [2.45, 2.75) is 12.3 Å². The molecule has 0 spiro atoms. The van der Waals surface area contributed by atoms with Crippen LogP contribution in [0, 0.1) is 5.92 Å². The van der Waals surface area contributed by atoms with Crippen LogP contribution in [0.15, 0.2) is 54.6 Å². The van der Waals surface area contributed by atoms with Crippen LogP contribution in [-0.4, -0.2) is 10.9 Å². The topological polar surface area (TPSA) is 42.0 Å². The SMILES string of the molecule is O=C(Nc1nc2ccccc2s1)[C@@H]1C[C@H]1c1ccccc1. The Kier molecular flexibility index (Phi) is 2.97. The predicted octanol–water partition coefficient (Wildman–Crippen LogP) is 4.04. The van der Waals surface area contributed by atoms with Crippen molar-refractivity contribution in [3.8, 4) is 0 Å². The van der Waals surface area contributed by atoms with Crippen LogP contribution >= 0.6 is 11.3 Å². The number of benzene rings is 2. The number of carbonyl (C=O) groups is 1. The standard InChI is InChI=1S/C17H14N2OS/c20-16(13-10-12(13)11-6-2-1-3-7-11)19-17-18-14-8-4-5-9-15(14)21-17/h1-9,12-13H,10H2,(H,18,19,20)/t12-,13+/m0/s1. The summed E-state index contributed by atoms with van der Waals surface area (Å²) in [4.78, 5) is 16.7. The monoisotopic (exact) mass is 294 g/mol. The van der Waals surface area contributed by atoms with Gasteiger partial charge in [0.25, 0.3) is 0 Å². The molecule has 4 rings (SSSR count). The van der Waals surface area contributed by atoms with Crippen LogP contribution in [0.3, 0.4) is 0 Å². The number of nitrogens with one attached hydrogen (secondary N) is 1. The molecule has 104 valence electrons. The van der Waals surface area contributed by atoms with Crippen molar-refractivity contribution >= 4 is 32.6 Å². The summed E-state index contributed by atoms with van der Waals surface area (Å²) < 4.78 is 1.10. The van der Waals surface area contributed by atoms with Crippen molar-refractivity contribution in [2.24, 2.45) is 5.92 Å². The highest BCUT2D eigenvalue weighted by Crippen LogP contribution is 2.48. The average molecular weight is 294 g/mol. The summed E-state index contributed by atoms with van der Waals surface area (Å²) >= 11 is 1.52. The van der Waals surface area contributed by atoms with Crippen LogP contribution < -0.4 is 5.32 Å². The Labute approximate surface area is 126 Å². The number of rotatable bonds is 3. The molecule has 0 radical (unpaired) electrons. The molecule has 3 aromatic rings. The molecule has 0 aliphatic heterocycles. The van der Waals surface area contributed by atoms with E-state index in [4.69, 9.17) is 0 Å². The number of aromatic nitrogens is 1. The lowest BCUT2D eigenvalue weighted by molar-refractivity contribution is -0.117. The maximum absolute atomic E-state index is 12.3. The second-order valence-corrected chi connectivity index (χ2v) is 6.37. The molecular weight excluding hydrogens is 280 g/mol. The Morgan fingerprint density at radius 2 is 1.86 bits per heavy atom. The predicted molar refractivity (Wildman–Crippen MR) is 85.5 cm³/mol. The summed E-state index contributed by atoms with van der Waals surface area (Å²) in [5.41, 5.74) is 2.19. The van der Waals surface area contributed by atoms with Gasteiger partial charge in [-0.3, -0.25) is 4.79 Å². The molecule has 2 aromatic carbocycles. The molecule has 1 heterocycles. The summed E-state index contributed by atoms with van der Waals surface area (Å²) in [5, 5.41) is 3.66. The molecule has 1 N–H and O–H groups in total. The van der Waals surface area contributed by atoms with Gasteiger partial charge in [0.05, 0.1) is 10.2 Å². The van der Waals surface area contributed by atoms with Gasteiger partial charge >= 0.3 is 0 Å². The molecular formula is C17H14N2OS. The zero-order valence-electron chi connectivity index (χ0n) is 11.3. The maximum Gasteiger partial charge on any atom is 0.229 e. The molecule has 2 atom stereocenters. The van der Waals surface area contributed by atoms with E-state index >= 15 is 0 Å². The van der Waals surface area contributed by atoms with Crippen LogP contribution in [0.25, 0.3) is 10.2 Å². The summed E-state index contributed by atoms with van der Waals surface area (Å²) in [6.07, 6.45) is 0.931. The zero-order valence-corrected chi connectivity index (χ0v) is 12.1. The first kappa shape index (κ1) is 12.5. The highest BCUT2D eigenvalue weighted by Gasteiger charge is 2.44. The minimum atomic E-state index is 0.0828. The molecule has 4 heteroatoms. The van der Waals surface area contributed by atoms with E-state index in [1.165, 1.54) is 16.9 Å². The number of amides is 1. The summed E-state index contributed by atoms with van der Waals surface area (Å²) in [7, 11) is 0. The third-order valence-corrected chi connectivity index (χ3v) is 4.83. The number of hydrogen-bond donors (Lipinski definition) is 1. The lowest BCUT2D eigenvalue weighted by Crippen LogP contribution is -2.14. The van der Waals surface area contributed by atoms with E-state index in [0.29, 0.717) is 11.0 Å². The fraction of sp³-hybridized carbons (Fsp3) is 0.176. The Morgan fingerprint density at radius 1 is 1.10 bits per heavy atom. The van der Waals surface area contributed by atoms with Gasteiger partial charge in [0.1, 0.15) is 0 Å². The largest absolute Gasteiger partial charge is 0.302 e. The van der Waals surface area contributed by atoms with Crippen LogP contribution in [0.4, 0.5) is 5.13 Å². The van der Waals surface area contributed by atoms with E-state index in [1.807, 2.05) is 42.5 Å². The second-order valence-electron chi connectivity index (χ2n) is 5.34. The van der Waals surface area contributed by atoms with Crippen LogP contribution in [-0.2, 0) is 4.79 Å². The number of anilines is 1. The summed E-state index contributed by atoms with van der Waals surface area (Å²) in [6, 6.07) is 18.2. The molecule has 3 nitrogen and oxygen atoms in total. The van der Waals surface area contributed by atoms with Gasteiger partial charge in [0.15, 0.2) is 5.13 Å². The quantitative estimate of drug-likeness (QED) is 0.792. The molecule has 1 aliphatic rings. The summed E-state index contributed by atoms with van der Waals surface area (Å²) in [6.45, 7) is 0. The van der Waals surface area contributed by atoms with E-state index in [0.717, 1.165) is 16.6 Å². The van der Waals surface area contributed by atoms with Crippen molar-refractivity contribution in [3.63, 3.8) is 0 Å². The Hall–Kier alpha value is -2.20. The third kappa shape index (κ3) is 2.43. The molecule has 1 aromatic heterocycles. The fourth-order valence-corrected chi connectivity index (χ4v) is 3.55. The first-order valence-electron chi connectivity index (χ1n) is 7.02. The Bertz CT molecular complexity index is 764. The highest BCUT2D eigenvalue weighted by atomic mass is 32.1. The number of fused-ring (bicyclic) bond motifs is 1. The van der Waals surface area contributed by atoms with Gasteiger partial charge < -0.3 is 5.32 Å². The molecule has 0 saturated heterocycles. The van der Waals surface area contributed by atoms with Crippen molar-refractivity contribution in [2.75, 3.05) is 5.32 Å². The van der Waals surface area contributed by atoms with Crippen molar-refractivity contribution in [3.05, 3.63) is 60.2 Å². The summed E-state index contributed by atoms with van der Waals surface area (Å²) in [5.74, 6) is 0.530. The van der Waals surface area contributed by atoms with E-state index < -0.39 is 0 Å². The number of para-hydroxylation sites is 1. The maximum atomic E-state index is 12.3. The van der Waals surface area contributed by atoms with Gasteiger partial charge in [-0.1, -0.05) is 53.8 Å². The van der Waals surface area contributed by atoms with Gasteiger partial charge in [-0.2, -0.15) is 0 Å². The Morgan fingerprint density at radius 3 is 2.67 bits per heavy atom. The van der Waals surface area contributed by atoms with E-state index in [-0.39, 0.29) is 11.8 Å².